The lowest BCUT2D eigenvalue weighted by atomic mass is 10.2. The number of carbonyl (C=O) groups excluding carboxylic acids is 1. The Morgan fingerprint density at radius 3 is 2.77 bits per heavy atom. The molecule has 1 atom stereocenters. The van der Waals surface area contributed by atoms with Gasteiger partial charge in [-0.25, -0.2) is 13.4 Å². The molecule has 0 saturated carbocycles. The zero-order valence-electron chi connectivity index (χ0n) is 11.6. The third-order valence-corrected chi connectivity index (χ3v) is 5.53. The average Bonchev–Trinajstić information content (AvgIpc) is 3.06. The predicted octanol–water partition coefficient (Wildman–Crippen LogP) is 1.78. The number of sulfone groups is 1. The van der Waals surface area contributed by atoms with E-state index < -0.39 is 15.9 Å². The second-order valence-electron chi connectivity index (χ2n) is 5.02. The lowest BCUT2D eigenvalue weighted by molar-refractivity contribution is -0.120. The van der Waals surface area contributed by atoms with E-state index in [1.807, 2.05) is 35.7 Å². The minimum absolute atomic E-state index is 0.0644. The highest BCUT2D eigenvalue weighted by Gasteiger charge is 2.23. The van der Waals surface area contributed by atoms with E-state index in [2.05, 4.69) is 10.3 Å². The largest absolute Gasteiger partial charge is 0.348 e. The zero-order valence-corrected chi connectivity index (χ0v) is 13.2. The number of nitrogens with zero attached hydrogens (tertiary/aromatic N) is 1. The highest BCUT2D eigenvalue weighted by Crippen LogP contribution is 2.23. The Hall–Kier alpha value is -1.99. The Bertz CT molecular complexity index is 810. The quantitative estimate of drug-likeness (QED) is 0.925. The van der Waals surface area contributed by atoms with Gasteiger partial charge in [-0.15, -0.1) is 11.3 Å². The molecule has 1 amide bonds. The van der Waals surface area contributed by atoms with Gasteiger partial charge in [0.2, 0.25) is 5.91 Å². The molecule has 1 aromatic carbocycles. The number of amides is 1. The molecule has 0 unspecified atom stereocenters. The fraction of sp³-hybridized carbons (Fsp3) is 0.200. The van der Waals surface area contributed by atoms with Crippen LogP contribution in [0, 0.1) is 0 Å². The molecule has 114 valence electrons. The van der Waals surface area contributed by atoms with E-state index in [1.54, 1.807) is 0 Å². The summed E-state index contributed by atoms with van der Waals surface area (Å²) in [7, 11) is -3.15. The summed E-state index contributed by atoms with van der Waals surface area (Å²) in [6, 6.07) is 9.32. The maximum Gasteiger partial charge on any atom is 0.226 e. The summed E-state index contributed by atoms with van der Waals surface area (Å²) in [6.45, 7) is 0. The molecule has 1 aliphatic heterocycles. The smallest absolute Gasteiger partial charge is 0.226 e. The van der Waals surface area contributed by atoms with Crippen LogP contribution in [0.15, 0.2) is 47.2 Å². The highest BCUT2D eigenvalue weighted by atomic mass is 32.2. The van der Waals surface area contributed by atoms with Crippen LogP contribution in [0.5, 0.6) is 0 Å². The summed E-state index contributed by atoms with van der Waals surface area (Å²) in [5.74, 6) is -0.290. The van der Waals surface area contributed by atoms with E-state index in [9.17, 15) is 13.2 Å². The summed E-state index contributed by atoms with van der Waals surface area (Å²) in [6.07, 6.45) is 1.65. The van der Waals surface area contributed by atoms with Crippen LogP contribution >= 0.6 is 11.3 Å². The van der Waals surface area contributed by atoms with E-state index in [1.165, 1.54) is 17.4 Å². The van der Waals surface area contributed by atoms with Crippen LogP contribution in [-0.2, 0) is 21.1 Å². The van der Waals surface area contributed by atoms with Gasteiger partial charge in [0.25, 0.3) is 0 Å². The molecule has 0 spiro atoms. The van der Waals surface area contributed by atoms with E-state index in [4.69, 9.17) is 0 Å². The molecule has 7 heteroatoms. The lowest BCUT2D eigenvalue weighted by Gasteiger charge is -2.08. The number of benzene rings is 1. The van der Waals surface area contributed by atoms with Crippen molar-refractivity contribution in [3.63, 3.8) is 0 Å². The van der Waals surface area contributed by atoms with E-state index in [0.717, 1.165) is 16.0 Å². The molecule has 5 nitrogen and oxygen atoms in total. The first kappa shape index (κ1) is 14.9. The van der Waals surface area contributed by atoms with Crippen molar-refractivity contribution in [2.75, 3.05) is 5.75 Å². The summed E-state index contributed by atoms with van der Waals surface area (Å²) in [5, 5.41) is 6.56. The first-order valence-electron chi connectivity index (χ1n) is 6.72. The van der Waals surface area contributed by atoms with E-state index in [-0.39, 0.29) is 18.1 Å². The summed E-state index contributed by atoms with van der Waals surface area (Å²) in [4.78, 5) is 16.4. The molecular weight excluding hydrogens is 320 g/mol. The van der Waals surface area contributed by atoms with Crippen LogP contribution in [-0.4, -0.2) is 31.1 Å². The number of thiazole rings is 1. The topological polar surface area (TPSA) is 76.1 Å². The lowest BCUT2D eigenvalue weighted by Crippen LogP contribution is -2.36. The molecule has 0 bridgehead atoms. The molecule has 2 aromatic rings. The Balaban J connectivity index is 1.61. The zero-order chi connectivity index (χ0) is 15.6. The molecular formula is C15H14N2O3S2. The van der Waals surface area contributed by atoms with Crippen LogP contribution in [0.4, 0.5) is 0 Å². The van der Waals surface area contributed by atoms with E-state index in [0.29, 0.717) is 5.69 Å². The van der Waals surface area contributed by atoms with Gasteiger partial charge >= 0.3 is 0 Å². The molecule has 0 radical (unpaired) electrons. The Morgan fingerprint density at radius 1 is 1.32 bits per heavy atom. The standard InChI is InChI=1S/C15H14N2O3S2/c18-14(16-12-6-7-22(19,20)10-12)8-13-9-21-15(17-13)11-4-2-1-3-5-11/h1-7,9,12H,8,10H2,(H,16,18)/t12-/m0/s1. The number of hydrogen-bond donors (Lipinski definition) is 1. The average molecular weight is 334 g/mol. The molecule has 0 fully saturated rings. The fourth-order valence-corrected chi connectivity index (χ4v) is 4.25. The summed E-state index contributed by atoms with van der Waals surface area (Å²) >= 11 is 1.49. The van der Waals surface area contributed by atoms with Crippen molar-refractivity contribution in [1.82, 2.24) is 10.3 Å². The Labute approximate surface area is 132 Å². The molecule has 1 aromatic heterocycles. The molecule has 0 aliphatic carbocycles. The maximum absolute atomic E-state index is 12.0. The molecule has 1 N–H and O–H groups in total. The summed E-state index contributed by atoms with van der Waals surface area (Å²) < 4.78 is 22.6. The number of carbonyl (C=O) groups is 1. The van der Waals surface area contributed by atoms with Gasteiger partial charge in [-0.3, -0.25) is 4.79 Å². The van der Waals surface area contributed by atoms with E-state index >= 15 is 0 Å². The van der Waals surface area contributed by atoms with Crippen LogP contribution in [0.2, 0.25) is 0 Å². The molecule has 1 aliphatic rings. The number of nitrogens with one attached hydrogen (secondary N) is 1. The number of aromatic nitrogens is 1. The van der Waals surface area contributed by atoms with Gasteiger partial charge in [0.15, 0.2) is 9.84 Å². The Kier molecular flexibility index (Phi) is 4.08. The molecule has 0 saturated heterocycles. The first-order valence-corrected chi connectivity index (χ1v) is 9.31. The van der Waals surface area contributed by atoms with Crippen molar-refractivity contribution in [3.8, 4) is 10.6 Å². The van der Waals surface area contributed by atoms with Gasteiger partial charge in [0.1, 0.15) is 5.01 Å². The normalized spacial score (nSPS) is 19.2. The van der Waals surface area contributed by atoms with Crippen molar-refractivity contribution in [1.29, 1.82) is 0 Å². The second kappa shape index (κ2) is 6.02. The van der Waals surface area contributed by atoms with Gasteiger partial charge in [-0.2, -0.15) is 0 Å². The first-order chi connectivity index (χ1) is 10.5. The monoisotopic (exact) mass is 334 g/mol. The minimum atomic E-state index is -3.15. The van der Waals surface area contributed by atoms with Gasteiger partial charge in [-0.1, -0.05) is 30.3 Å². The van der Waals surface area contributed by atoms with Gasteiger partial charge < -0.3 is 5.32 Å². The van der Waals surface area contributed by atoms with Crippen molar-refractivity contribution in [2.45, 2.75) is 12.5 Å². The van der Waals surface area contributed by atoms with Crippen molar-refractivity contribution in [3.05, 3.63) is 52.9 Å². The van der Waals surface area contributed by atoms with Crippen LogP contribution in [0.3, 0.4) is 0 Å². The molecule has 2 heterocycles. The number of rotatable bonds is 4. The fourth-order valence-electron chi connectivity index (χ4n) is 2.19. The predicted molar refractivity (Wildman–Crippen MR) is 86.1 cm³/mol. The molecule has 22 heavy (non-hydrogen) atoms. The third-order valence-electron chi connectivity index (χ3n) is 3.19. The van der Waals surface area contributed by atoms with Gasteiger partial charge in [-0.05, 0) is 6.08 Å². The SMILES string of the molecule is O=C(Cc1csc(-c2ccccc2)n1)N[C@H]1C=CS(=O)(=O)C1. The van der Waals surface area contributed by atoms with Crippen LogP contribution in [0.25, 0.3) is 10.6 Å². The van der Waals surface area contributed by atoms with Gasteiger partial charge in [0.05, 0.1) is 23.9 Å². The van der Waals surface area contributed by atoms with Crippen molar-refractivity contribution < 1.29 is 13.2 Å². The highest BCUT2D eigenvalue weighted by molar-refractivity contribution is 7.94. The minimum Gasteiger partial charge on any atom is -0.348 e. The molecule has 3 rings (SSSR count). The number of hydrogen-bond acceptors (Lipinski definition) is 5. The Morgan fingerprint density at radius 2 is 2.09 bits per heavy atom. The van der Waals surface area contributed by atoms with Crippen molar-refractivity contribution in [2.24, 2.45) is 0 Å². The maximum atomic E-state index is 12.0. The van der Waals surface area contributed by atoms with Crippen molar-refractivity contribution >= 4 is 27.1 Å². The van der Waals surface area contributed by atoms with Crippen LogP contribution in [0.1, 0.15) is 5.69 Å². The second-order valence-corrected chi connectivity index (χ2v) is 7.81. The third kappa shape index (κ3) is 3.61. The summed E-state index contributed by atoms with van der Waals surface area (Å²) in [5.41, 5.74) is 1.70. The van der Waals surface area contributed by atoms with Crippen LogP contribution < -0.4 is 5.32 Å². The van der Waals surface area contributed by atoms with Gasteiger partial charge in [0, 0.05) is 16.4 Å².